The molecule has 0 heterocycles. The van der Waals surface area contributed by atoms with Crippen molar-refractivity contribution >= 4 is 5.97 Å². The molecule has 1 fully saturated rings. The highest BCUT2D eigenvalue weighted by Gasteiger charge is 2.31. The van der Waals surface area contributed by atoms with Crippen LogP contribution in [0, 0.1) is 0 Å². The van der Waals surface area contributed by atoms with Crippen LogP contribution in [0.2, 0.25) is 0 Å². The molecule has 1 aromatic carbocycles. The van der Waals surface area contributed by atoms with Gasteiger partial charge in [-0.3, -0.25) is 4.79 Å². The quantitative estimate of drug-likeness (QED) is 0.458. The number of carbonyl (C=O) groups excluding carboxylic acids is 1. The first-order valence-corrected chi connectivity index (χ1v) is 8.09. The van der Waals surface area contributed by atoms with Crippen molar-refractivity contribution in [2.75, 3.05) is 13.7 Å². The largest absolute Gasteiger partial charge is 0.484 e. The maximum Gasteiger partial charge on any atom is 0.302 e. The molecule has 1 aliphatic rings. The molecule has 8 heteroatoms. The first-order valence-electron chi connectivity index (χ1n) is 8.09. The molecule has 25 heavy (non-hydrogen) atoms. The van der Waals surface area contributed by atoms with Crippen LogP contribution in [0.4, 0.5) is 8.78 Å². The van der Waals surface area contributed by atoms with Gasteiger partial charge in [-0.2, -0.15) is 4.89 Å². The van der Waals surface area contributed by atoms with Crippen molar-refractivity contribution in [2.24, 2.45) is 5.73 Å². The lowest BCUT2D eigenvalue weighted by molar-refractivity contribution is -0.179. The Morgan fingerprint density at radius 2 is 2.08 bits per heavy atom. The fraction of sp³-hybridized carbons (Fsp3) is 0.588. The number of benzene rings is 1. The van der Waals surface area contributed by atoms with Gasteiger partial charge in [-0.1, -0.05) is 6.07 Å². The van der Waals surface area contributed by atoms with Gasteiger partial charge in [0.05, 0.1) is 7.11 Å². The highest BCUT2D eigenvalue weighted by Crippen LogP contribution is 2.38. The van der Waals surface area contributed by atoms with Crippen LogP contribution in [0.15, 0.2) is 18.2 Å². The molecule has 0 bridgehead atoms. The fourth-order valence-electron chi connectivity index (χ4n) is 3.06. The van der Waals surface area contributed by atoms with E-state index in [0.29, 0.717) is 19.3 Å². The molecule has 3 atom stereocenters. The molecular weight excluding hydrogens is 336 g/mol. The van der Waals surface area contributed by atoms with Crippen molar-refractivity contribution in [1.29, 1.82) is 0 Å². The third-order valence-electron chi connectivity index (χ3n) is 4.12. The number of ether oxygens (including phenoxy) is 2. The molecule has 1 aliphatic carbocycles. The van der Waals surface area contributed by atoms with Crippen LogP contribution in [0.1, 0.15) is 37.7 Å². The minimum Gasteiger partial charge on any atom is -0.484 e. The molecular formula is C17H23F2NO5. The number of halogens is 2. The number of rotatable bonds is 7. The molecule has 0 aromatic heterocycles. The highest BCUT2D eigenvalue weighted by molar-refractivity contribution is 5.66. The van der Waals surface area contributed by atoms with E-state index < -0.39 is 13.0 Å². The van der Waals surface area contributed by atoms with Crippen LogP contribution in [0.25, 0.3) is 0 Å². The van der Waals surface area contributed by atoms with E-state index in [1.807, 2.05) is 0 Å². The summed E-state index contributed by atoms with van der Waals surface area (Å²) in [6.07, 6.45) is -0.838. The molecule has 140 valence electrons. The summed E-state index contributed by atoms with van der Waals surface area (Å²) < 4.78 is 35.3. The monoisotopic (exact) mass is 359 g/mol. The van der Waals surface area contributed by atoms with Gasteiger partial charge in [0.15, 0.2) is 5.75 Å². The maximum atomic E-state index is 12.5. The number of nitrogens with two attached hydrogens (primary N) is 1. The first kappa shape index (κ1) is 19.4. The average Bonchev–Trinajstić information content (AvgIpc) is 2.55. The zero-order chi connectivity index (χ0) is 18.4. The predicted molar refractivity (Wildman–Crippen MR) is 85.7 cm³/mol. The van der Waals surface area contributed by atoms with Crippen LogP contribution in [0.5, 0.6) is 11.5 Å². The van der Waals surface area contributed by atoms with E-state index in [-0.39, 0.29) is 35.5 Å². The van der Waals surface area contributed by atoms with E-state index >= 15 is 0 Å². The molecule has 0 saturated heterocycles. The maximum absolute atomic E-state index is 12.5. The lowest BCUT2D eigenvalue weighted by Gasteiger charge is -2.34. The van der Waals surface area contributed by atoms with E-state index in [1.54, 1.807) is 18.2 Å². The number of esters is 1. The number of hydrogen-bond acceptors (Lipinski definition) is 6. The third-order valence-corrected chi connectivity index (χ3v) is 4.12. The summed E-state index contributed by atoms with van der Waals surface area (Å²) >= 11 is 0. The van der Waals surface area contributed by atoms with Gasteiger partial charge in [0.1, 0.15) is 12.7 Å². The van der Waals surface area contributed by atoms with Crippen molar-refractivity contribution in [3.05, 3.63) is 23.8 Å². The van der Waals surface area contributed by atoms with Gasteiger partial charge < -0.3 is 20.1 Å². The lowest BCUT2D eigenvalue weighted by Crippen LogP contribution is -2.38. The third kappa shape index (κ3) is 5.54. The Bertz CT molecular complexity index is 584. The fourth-order valence-corrected chi connectivity index (χ4v) is 3.06. The molecule has 0 spiro atoms. The van der Waals surface area contributed by atoms with Crippen molar-refractivity contribution in [1.82, 2.24) is 0 Å². The zero-order valence-electron chi connectivity index (χ0n) is 14.2. The van der Waals surface area contributed by atoms with Crippen molar-refractivity contribution in [2.45, 2.75) is 50.7 Å². The molecule has 1 aromatic rings. The van der Waals surface area contributed by atoms with E-state index in [2.05, 4.69) is 4.89 Å². The van der Waals surface area contributed by atoms with Crippen LogP contribution in [-0.2, 0) is 14.4 Å². The van der Waals surface area contributed by atoms with Crippen molar-refractivity contribution < 1.29 is 32.8 Å². The standard InChI is InChI=1S/C17H23F2NO5/c1-10(21)24-12-4-5-14(20)13(8-12)11-3-6-15(25-22-2)16(7-11)23-9-17(18)19/h3,6-7,12-14,17H,4-5,8-9,20H2,1-2H3. The first-order chi connectivity index (χ1) is 11.9. The van der Waals surface area contributed by atoms with Gasteiger partial charge in [-0.05, 0) is 37.0 Å². The molecule has 2 N–H and O–H groups in total. The Kier molecular flexibility index (Phi) is 6.95. The summed E-state index contributed by atoms with van der Waals surface area (Å²) in [7, 11) is 1.31. The van der Waals surface area contributed by atoms with Gasteiger partial charge >= 0.3 is 5.97 Å². The second kappa shape index (κ2) is 8.96. The van der Waals surface area contributed by atoms with Crippen molar-refractivity contribution in [3.8, 4) is 11.5 Å². The van der Waals surface area contributed by atoms with Gasteiger partial charge in [-0.15, -0.1) is 0 Å². The second-order valence-corrected chi connectivity index (χ2v) is 5.97. The molecule has 1 saturated carbocycles. The molecule has 0 aliphatic heterocycles. The highest BCUT2D eigenvalue weighted by atomic mass is 19.3. The van der Waals surface area contributed by atoms with Gasteiger partial charge in [0.2, 0.25) is 5.75 Å². The lowest BCUT2D eigenvalue weighted by atomic mass is 9.79. The van der Waals surface area contributed by atoms with E-state index in [4.69, 9.17) is 20.1 Å². The molecule has 6 nitrogen and oxygen atoms in total. The summed E-state index contributed by atoms with van der Waals surface area (Å²) in [4.78, 5) is 20.7. The molecule has 0 amide bonds. The minimum atomic E-state index is -2.61. The van der Waals surface area contributed by atoms with E-state index in [9.17, 15) is 13.6 Å². The number of hydrogen-bond donors (Lipinski definition) is 1. The van der Waals surface area contributed by atoms with E-state index in [0.717, 1.165) is 5.56 Å². The summed E-state index contributed by atoms with van der Waals surface area (Å²) in [6.45, 7) is 0.618. The van der Waals surface area contributed by atoms with Crippen LogP contribution in [-0.4, -0.2) is 38.3 Å². The summed E-state index contributed by atoms with van der Waals surface area (Å²) in [6, 6.07) is 4.87. The Labute approximate surface area is 145 Å². The molecule has 3 unspecified atom stereocenters. The van der Waals surface area contributed by atoms with Gasteiger partial charge in [0.25, 0.3) is 6.43 Å². The Morgan fingerprint density at radius 1 is 1.32 bits per heavy atom. The minimum absolute atomic E-state index is 0.0800. The Balaban J connectivity index is 2.20. The Hall–Kier alpha value is -1.93. The smallest absolute Gasteiger partial charge is 0.302 e. The van der Waals surface area contributed by atoms with Crippen LogP contribution < -0.4 is 15.4 Å². The average molecular weight is 359 g/mol. The van der Waals surface area contributed by atoms with Gasteiger partial charge in [0, 0.05) is 18.9 Å². The summed E-state index contributed by atoms with van der Waals surface area (Å²) in [5, 5.41) is 0. The van der Waals surface area contributed by atoms with E-state index in [1.165, 1.54) is 14.0 Å². The number of carbonyl (C=O) groups is 1. The van der Waals surface area contributed by atoms with Crippen molar-refractivity contribution in [3.63, 3.8) is 0 Å². The summed E-state index contributed by atoms with van der Waals surface area (Å²) in [5.41, 5.74) is 7.03. The topological polar surface area (TPSA) is 80.0 Å². The SMILES string of the molecule is COOc1ccc(C2CC(OC(C)=O)CCC2N)cc1OCC(F)F. The molecule has 0 radical (unpaired) electrons. The second-order valence-electron chi connectivity index (χ2n) is 5.97. The van der Waals surface area contributed by atoms with Gasteiger partial charge in [-0.25, -0.2) is 8.78 Å². The summed E-state index contributed by atoms with van der Waals surface area (Å²) in [5.74, 6) is -0.0538. The normalized spacial score (nSPS) is 23.4. The molecule has 2 rings (SSSR count). The van der Waals surface area contributed by atoms with Crippen LogP contribution in [0.3, 0.4) is 0 Å². The number of alkyl halides is 2. The van der Waals surface area contributed by atoms with Crippen LogP contribution >= 0.6 is 0 Å². The predicted octanol–water partition coefficient (Wildman–Crippen LogP) is 2.80. The zero-order valence-corrected chi connectivity index (χ0v) is 14.2. The Morgan fingerprint density at radius 3 is 2.72 bits per heavy atom.